The van der Waals surface area contributed by atoms with Crippen molar-refractivity contribution in [2.45, 2.75) is 0 Å². The summed E-state index contributed by atoms with van der Waals surface area (Å²) in [5.74, 6) is 0. The van der Waals surface area contributed by atoms with Gasteiger partial charge in [-0.15, -0.1) is 0 Å². The van der Waals surface area contributed by atoms with E-state index in [-0.39, 0.29) is 156 Å². The van der Waals surface area contributed by atoms with E-state index in [1.165, 1.54) is 0 Å². The second kappa shape index (κ2) is 51.2. The topological polar surface area (TPSA) is 0 Å². The van der Waals surface area contributed by atoms with Gasteiger partial charge in [-0.2, -0.15) is 0 Å². The monoisotopic (exact) mass is 276 g/mol. The van der Waals surface area contributed by atoms with Crippen molar-refractivity contribution in [3.8, 4) is 0 Å². The summed E-state index contributed by atoms with van der Waals surface area (Å²) < 4.78 is 0. The summed E-state index contributed by atoms with van der Waals surface area (Å²) in [5, 5.41) is 0. The Morgan fingerprint density at radius 2 is 0.571 bits per heavy atom. The zero-order chi connectivity index (χ0) is 0. The molecule has 34 valence electrons. The molecule has 0 spiro atoms. The molecule has 0 atom stereocenters. The Kier molecular flexibility index (Phi) is 509. The molecule has 0 N–H and O–H groups in total. The van der Waals surface area contributed by atoms with Crippen LogP contribution in [0.3, 0.4) is 0 Å². The van der Waals surface area contributed by atoms with Gasteiger partial charge in [0.15, 0.2) is 0 Å². The second-order valence-electron chi connectivity index (χ2n) is 0. The number of halogens is 4. The quantitative estimate of drug-likeness (QED) is 0.304. The third-order valence-corrected chi connectivity index (χ3v) is 0. The normalized spacial score (nSPS) is 0. The first-order chi connectivity index (χ1) is 0. The molecule has 0 aliphatic heterocycles. The van der Waals surface area contributed by atoms with Gasteiger partial charge in [-0.3, -0.25) is 0 Å². The fourth-order valence-electron chi connectivity index (χ4n) is 0. The third-order valence-electron chi connectivity index (χ3n) is 0. The van der Waals surface area contributed by atoms with Crippen molar-refractivity contribution in [2.75, 3.05) is 0 Å². The van der Waals surface area contributed by atoms with E-state index in [9.17, 15) is 0 Å². The van der Waals surface area contributed by atoms with Gasteiger partial charge >= 0.3 is 138 Å². The molecule has 0 nitrogen and oxygen atoms in total. The van der Waals surface area contributed by atoms with E-state index < -0.39 is 0 Å². The van der Waals surface area contributed by atoms with Crippen molar-refractivity contribution in [3.05, 3.63) is 0 Å². The third kappa shape index (κ3) is 40.4. The summed E-state index contributed by atoms with van der Waals surface area (Å²) in [7, 11) is 0. The fraction of sp³-hybridized carbons (Fsp3) is 0. The minimum Gasteiger partial charge on any atom is -1.00 e. The average molecular weight is 276 g/mol. The van der Waals surface area contributed by atoms with Crippen LogP contribution in [0.25, 0.3) is 0 Å². The van der Waals surface area contributed by atoms with Crippen molar-refractivity contribution in [3.63, 3.8) is 0 Å². The van der Waals surface area contributed by atoms with Crippen molar-refractivity contribution in [2.24, 2.45) is 0 Å². The Labute approximate surface area is 151 Å². The maximum atomic E-state index is 0. The van der Waals surface area contributed by atoms with Gasteiger partial charge in [-0.05, 0) is 0 Å². The van der Waals surface area contributed by atoms with Crippen LogP contribution in [-0.2, 0) is 0 Å². The molecule has 0 aromatic carbocycles. The molecule has 7 heavy (non-hydrogen) atoms. The van der Waals surface area contributed by atoms with E-state index in [1.807, 2.05) is 0 Å². The maximum Gasteiger partial charge on any atom is 1.00 e. The zero-order valence-electron chi connectivity index (χ0n) is 3.09. The predicted octanol–water partition coefficient (Wildman–Crippen LogP) is -16.0. The first-order valence-electron chi connectivity index (χ1n) is 0. The molecule has 0 saturated heterocycles. The van der Waals surface area contributed by atoms with Crippen LogP contribution in [0.4, 0.5) is 0 Å². The van der Waals surface area contributed by atoms with E-state index >= 15 is 0 Å². The molecule has 0 aliphatic rings. The molecule has 0 saturated carbocycles. The van der Waals surface area contributed by atoms with E-state index in [0.717, 1.165) is 0 Å². The summed E-state index contributed by atoms with van der Waals surface area (Å²) in [6.07, 6.45) is 0. The van der Waals surface area contributed by atoms with Crippen LogP contribution in [0, 0.1) is 0 Å². The molecule has 0 heterocycles. The Morgan fingerprint density at radius 3 is 0.571 bits per heavy atom. The predicted molar refractivity (Wildman–Crippen MR) is 12.9 cm³/mol. The van der Waals surface area contributed by atoms with Gasteiger partial charge in [0, 0.05) is 0 Å². The summed E-state index contributed by atoms with van der Waals surface area (Å²) >= 11 is 0. The molecular weight excluding hydrogens is 275 g/mol. The van der Waals surface area contributed by atoms with Gasteiger partial charge in [0.2, 0.25) is 0 Å². The van der Waals surface area contributed by atoms with Gasteiger partial charge in [0.05, 0.1) is 0 Å². The Bertz CT molecular complexity index is 11.7. The number of hydrogen-bond donors (Lipinski definition) is 0. The van der Waals surface area contributed by atoms with Gasteiger partial charge in [-0.25, -0.2) is 0 Å². The molecule has 0 rings (SSSR count). The van der Waals surface area contributed by atoms with E-state index in [4.69, 9.17) is 0 Å². The van der Waals surface area contributed by atoms with Crippen LogP contribution >= 0.6 is 0 Å². The van der Waals surface area contributed by atoms with Gasteiger partial charge in [0.25, 0.3) is 0 Å². The van der Waals surface area contributed by atoms with Crippen LogP contribution in [0.2, 0.25) is 0 Å². The summed E-state index contributed by atoms with van der Waals surface area (Å²) in [6, 6.07) is 0. The largest absolute Gasteiger partial charge is 1.00 e. The van der Waals surface area contributed by atoms with Crippen LogP contribution in [-0.4, -0.2) is 86.3 Å². The second-order valence-corrected chi connectivity index (χ2v) is 0. The minimum atomic E-state index is 0. The van der Waals surface area contributed by atoms with Crippen LogP contribution in [0.1, 0.15) is 0 Å². The molecule has 0 aromatic heterocycles. The molecule has 0 aliphatic carbocycles. The molecule has 0 aromatic rings. The first kappa shape index (κ1) is 69.6. The Morgan fingerprint density at radius 1 is 0.571 bits per heavy atom. The molecule has 0 bridgehead atoms. The molecular formula is HAlCsF4K. The van der Waals surface area contributed by atoms with Crippen molar-refractivity contribution >= 4 is 86.3 Å². The smallest absolute Gasteiger partial charge is 1.00 e. The van der Waals surface area contributed by atoms with Crippen LogP contribution < -0.4 is 70.2 Å². The van der Waals surface area contributed by atoms with Crippen molar-refractivity contribution in [1.29, 1.82) is 0 Å². The van der Waals surface area contributed by atoms with Crippen LogP contribution in [0.5, 0.6) is 0 Å². The Balaban J connectivity index is 0. The Hall–Kier alpha value is 3.94. The van der Waals surface area contributed by atoms with Crippen molar-refractivity contribution < 1.29 is 70.2 Å². The molecule has 0 unspecified atom stereocenters. The number of hydrogen-bond acceptors (Lipinski definition) is 0. The summed E-state index contributed by atoms with van der Waals surface area (Å²) in [5.41, 5.74) is 0. The van der Waals surface area contributed by atoms with E-state index in [0.29, 0.717) is 0 Å². The first-order valence-corrected chi connectivity index (χ1v) is 0. The average Bonchev–Trinajstić information content (AvgIpc) is 0. The number of rotatable bonds is 0. The standard InChI is InChI=1S/Al.Cs.4FH.K.H/h;;4*1H;;/q+3;;;;;;+1;/p-4. The molecule has 0 radical (unpaired) electrons. The molecule has 7 heteroatoms. The summed E-state index contributed by atoms with van der Waals surface area (Å²) in [6.45, 7) is 0. The fourth-order valence-corrected chi connectivity index (χ4v) is 0. The summed E-state index contributed by atoms with van der Waals surface area (Å²) in [4.78, 5) is 0. The maximum absolute atomic E-state index is 0. The molecule has 0 fully saturated rings. The van der Waals surface area contributed by atoms with Gasteiger partial charge in [-0.1, -0.05) is 0 Å². The minimum absolute atomic E-state index is 0. The zero-order valence-corrected chi connectivity index (χ0v) is 7.37. The van der Waals surface area contributed by atoms with E-state index in [2.05, 4.69) is 0 Å². The van der Waals surface area contributed by atoms with Gasteiger partial charge in [0.1, 0.15) is 0 Å². The van der Waals surface area contributed by atoms with E-state index in [1.54, 1.807) is 0 Å². The SMILES string of the molecule is [Al+3].[CsH].[F-].[F-].[F-].[F-].[K+]. The van der Waals surface area contributed by atoms with Gasteiger partial charge < -0.3 is 18.8 Å². The molecule has 0 amide bonds. The van der Waals surface area contributed by atoms with Crippen LogP contribution in [0.15, 0.2) is 0 Å². The van der Waals surface area contributed by atoms with Crippen molar-refractivity contribution in [1.82, 2.24) is 0 Å².